The molecule has 0 saturated heterocycles. The summed E-state index contributed by atoms with van der Waals surface area (Å²) in [7, 11) is 0. The Kier molecular flexibility index (Phi) is 10.2. The highest BCUT2D eigenvalue weighted by molar-refractivity contribution is 5.43. The van der Waals surface area contributed by atoms with E-state index in [1.54, 1.807) is 5.57 Å². The van der Waals surface area contributed by atoms with Crippen LogP contribution in [0.3, 0.4) is 0 Å². The Balaban J connectivity index is 1.38. The molecule has 250 valence electrons. The summed E-state index contributed by atoms with van der Waals surface area (Å²) in [5, 5.41) is 0. The highest BCUT2D eigenvalue weighted by atomic mass is 14.7. The first-order valence-corrected chi connectivity index (χ1v) is 19.8. The standard InChI is InChI=1S/C44H74/c1-12-16-17-32(29-41(8,9)15-4)28-33-20-24-42(10)37(31(33)7)22-25-43(11)38-23-27-44(34(13-2)14-3)26-21-35(30(5)6)40(44)36(38)18-19-39(42)43/h13,15,30-33,36-39H,4,12,14,16-29H2,1-3,5-11H3/b34-13+. The lowest BCUT2D eigenvalue weighted by atomic mass is 9.37. The molecule has 0 heterocycles. The van der Waals surface area contributed by atoms with E-state index < -0.39 is 0 Å². The van der Waals surface area contributed by atoms with Gasteiger partial charge in [-0.05, 0) is 154 Å². The normalized spacial score (nSPS) is 41.6. The third kappa shape index (κ3) is 5.69. The number of fused-ring (bicyclic) bond motifs is 7. The molecule has 0 aromatic heterocycles. The van der Waals surface area contributed by atoms with E-state index in [1.165, 1.54) is 103 Å². The van der Waals surface area contributed by atoms with Crippen molar-refractivity contribution in [3.05, 3.63) is 35.5 Å². The lowest BCUT2D eigenvalue weighted by Gasteiger charge is -2.67. The van der Waals surface area contributed by atoms with Crippen LogP contribution in [-0.2, 0) is 0 Å². The maximum absolute atomic E-state index is 4.21. The summed E-state index contributed by atoms with van der Waals surface area (Å²) < 4.78 is 0. The predicted octanol–water partition coefficient (Wildman–Crippen LogP) is 13.8. The number of unbranched alkanes of at least 4 members (excludes halogenated alkanes) is 1. The Morgan fingerprint density at radius 2 is 1.64 bits per heavy atom. The molecule has 10 unspecified atom stereocenters. The summed E-state index contributed by atoms with van der Waals surface area (Å²) in [4.78, 5) is 0. The van der Waals surface area contributed by atoms with Gasteiger partial charge in [-0.3, -0.25) is 0 Å². The maximum Gasteiger partial charge on any atom is 0.0129 e. The summed E-state index contributed by atoms with van der Waals surface area (Å²) in [6.07, 6.45) is 27.6. The fourth-order valence-electron chi connectivity index (χ4n) is 13.8. The van der Waals surface area contributed by atoms with Gasteiger partial charge in [-0.15, -0.1) is 6.58 Å². The van der Waals surface area contributed by atoms with Crippen LogP contribution in [0.1, 0.15) is 172 Å². The van der Waals surface area contributed by atoms with E-state index >= 15 is 0 Å². The second kappa shape index (κ2) is 13.0. The minimum atomic E-state index is 0.267. The first-order chi connectivity index (χ1) is 20.8. The number of hydrogen-bond donors (Lipinski definition) is 0. The Bertz CT molecular complexity index is 1080. The number of rotatable bonds is 11. The monoisotopic (exact) mass is 603 g/mol. The second-order valence-electron chi connectivity index (χ2n) is 18.7. The molecule has 0 aromatic carbocycles. The topological polar surface area (TPSA) is 0 Å². The van der Waals surface area contributed by atoms with Crippen molar-refractivity contribution in [1.29, 1.82) is 0 Å². The van der Waals surface area contributed by atoms with Gasteiger partial charge in [0.05, 0.1) is 0 Å². The van der Waals surface area contributed by atoms with Gasteiger partial charge < -0.3 is 0 Å². The van der Waals surface area contributed by atoms with E-state index in [9.17, 15) is 0 Å². The molecule has 0 spiro atoms. The molecule has 0 N–H and O–H groups in total. The predicted molar refractivity (Wildman–Crippen MR) is 194 cm³/mol. The van der Waals surface area contributed by atoms with Gasteiger partial charge >= 0.3 is 0 Å². The number of hydrogen-bond acceptors (Lipinski definition) is 0. The largest absolute Gasteiger partial charge is 0.103 e. The van der Waals surface area contributed by atoms with Crippen molar-refractivity contribution in [1.82, 2.24) is 0 Å². The molecule has 44 heavy (non-hydrogen) atoms. The van der Waals surface area contributed by atoms with E-state index in [-0.39, 0.29) is 5.41 Å². The molecule has 0 bridgehead atoms. The molecule has 5 aliphatic carbocycles. The molecule has 0 aliphatic heterocycles. The third-order valence-corrected chi connectivity index (χ3v) is 15.9. The fraction of sp³-hybridized carbons (Fsp3) is 0.864. The summed E-state index contributed by atoms with van der Waals surface area (Å²) in [6, 6.07) is 0. The van der Waals surface area contributed by atoms with Crippen molar-refractivity contribution in [2.45, 2.75) is 172 Å². The van der Waals surface area contributed by atoms with Crippen molar-refractivity contribution in [2.24, 2.45) is 69.0 Å². The number of allylic oxidation sites excluding steroid dienone is 5. The van der Waals surface area contributed by atoms with E-state index in [1.807, 2.05) is 11.1 Å². The van der Waals surface area contributed by atoms with Crippen molar-refractivity contribution in [3.8, 4) is 0 Å². The van der Waals surface area contributed by atoms with Gasteiger partial charge in [-0.2, -0.15) is 0 Å². The lowest BCUT2D eigenvalue weighted by Crippen LogP contribution is -2.60. The molecule has 0 heteroatoms. The van der Waals surface area contributed by atoms with Crippen molar-refractivity contribution < 1.29 is 0 Å². The Morgan fingerprint density at radius 1 is 0.955 bits per heavy atom. The smallest absolute Gasteiger partial charge is 0.0129 e. The van der Waals surface area contributed by atoms with Gasteiger partial charge in [-0.25, -0.2) is 0 Å². The Morgan fingerprint density at radius 3 is 2.27 bits per heavy atom. The average Bonchev–Trinajstić information content (AvgIpc) is 3.39. The zero-order chi connectivity index (χ0) is 32.1. The second-order valence-corrected chi connectivity index (χ2v) is 18.7. The van der Waals surface area contributed by atoms with Gasteiger partial charge in [0.1, 0.15) is 0 Å². The summed E-state index contributed by atoms with van der Waals surface area (Å²) in [6.45, 7) is 29.6. The molecule has 10 atom stereocenters. The molecule has 0 radical (unpaired) electrons. The van der Waals surface area contributed by atoms with Gasteiger partial charge in [0.25, 0.3) is 0 Å². The van der Waals surface area contributed by atoms with E-state index in [4.69, 9.17) is 0 Å². The third-order valence-electron chi connectivity index (χ3n) is 15.9. The SMILES string of the molecule is C=CC(C)(C)CC(CCCC)CC1CCC2(C)C(CCC3(C)C4CCC5(/C(=C/C)CC)CCC(C(C)C)=C5C4CCC32)C1C. The van der Waals surface area contributed by atoms with Crippen molar-refractivity contribution in [2.75, 3.05) is 0 Å². The molecular formula is C44H74. The van der Waals surface area contributed by atoms with Crippen molar-refractivity contribution in [3.63, 3.8) is 0 Å². The van der Waals surface area contributed by atoms with Crippen LogP contribution in [0.4, 0.5) is 0 Å². The molecule has 0 amide bonds. The van der Waals surface area contributed by atoms with Crippen LogP contribution in [0.15, 0.2) is 35.5 Å². The van der Waals surface area contributed by atoms with Gasteiger partial charge in [0.2, 0.25) is 0 Å². The van der Waals surface area contributed by atoms with Crippen LogP contribution in [0.5, 0.6) is 0 Å². The van der Waals surface area contributed by atoms with Gasteiger partial charge in [-0.1, -0.05) is 110 Å². The lowest BCUT2D eigenvalue weighted by molar-refractivity contribution is -0.170. The van der Waals surface area contributed by atoms with Crippen LogP contribution < -0.4 is 0 Å². The average molecular weight is 603 g/mol. The highest BCUT2D eigenvalue weighted by Gasteiger charge is 2.64. The molecule has 0 nitrogen and oxygen atoms in total. The summed E-state index contributed by atoms with van der Waals surface area (Å²) >= 11 is 0. The van der Waals surface area contributed by atoms with E-state index in [0.29, 0.717) is 22.2 Å². The van der Waals surface area contributed by atoms with Crippen LogP contribution in [0.25, 0.3) is 0 Å². The summed E-state index contributed by atoms with van der Waals surface area (Å²) in [5.74, 6) is 7.03. The first-order valence-electron chi connectivity index (χ1n) is 19.8. The molecule has 4 saturated carbocycles. The van der Waals surface area contributed by atoms with Crippen LogP contribution >= 0.6 is 0 Å². The minimum absolute atomic E-state index is 0.267. The molecule has 0 aromatic rings. The quantitative estimate of drug-likeness (QED) is 0.206. The Hall–Kier alpha value is -0.780. The highest BCUT2D eigenvalue weighted by Crippen LogP contribution is 2.73. The molecule has 4 fully saturated rings. The summed E-state index contributed by atoms with van der Waals surface area (Å²) in [5.41, 5.74) is 7.43. The zero-order valence-corrected chi connectivity index (χ0v) is 31.3. The molecule has 5 rings (SSSR count). The Labute approximate surface area is 275 Å². The first kappa shape index (κ1) is 34.6. The minimum Gasteiger partial charge on any atom is -0.103 e. The van der Waals surface area contributed by atoms with Crippen LogP contribution in [0, 0.1) is 69.0 Å². The van der Waals surface area contributed by atoms with Crippen LogP contribution in [-0.4, -0.2) is 0 Å². The van der Waals surface area contributed by atoms with Gasteiger partial charge in [0, 0.05) is 5.41 Å². The fourth-order valence-corrected chi connectivity index (χ4v) is 13.8. The molecular weight excluding hydrogens is 528 g/mol. The maximum atomic E-state index is 4.21. The van der Waals surface area contributed by atoms with E-state index in [2.05, 4.69) is 88.0 Å². The van der Waals surface area contributed by atoms with Crippen LogP contribution in [0.2, 0.25) is 0 Å². The van der Waals surface area contributed by atoms with Gasteiger partial charge in [0.15, 0.2) is 0 Å². The zero-order valence-electron chi connectivity index (χ0n) is 31.3. The van der Waals surface area contributed by atoms with Crippen molar-refractivity contribution >= 4 is 0 Å². The molecule has 5 aliphatic rings. The van der Waals surface area contributed by atoms with E-state index in [0.717, 1.165) is 41.4 Å².